The molecule has 0 amide bonds. The van der Waals surface area contributed by atoms with E-state index in [4.69, 9.17) is 5.73 Å². The molecule has 0 saturated carbocycles. The predicted octanol–water partition coefficient (Wildman–Crippen LogP) is 3.45. The largest absolute Gasteiger partial charge is 0.399 e. The number of hydrogen-bond donors (Lipinski definition) is 1. The van der Waals surface area contributed by atoms with Crippen LogP contribution in [0.4, 0.5) is 5.69 Å². The molecular weight excluding hydrogens is 208 g/mol. The van der Waals surface area contributed by atoms with Crippen LogP contribution in [0.1, 0.15) is 45.2 Å². The van der Waals surface area contributed by atoms with Gasteiger partial charge in [-0.3, -0.25) is 4.90 Å². The Morgan fingerprint density at radius 3 is 2.47 bits per heavy atom. The lowest BCUT2D eigenvalue weighted by atomic mass is 9.82. The summed E-state index contributed by atoms with van der Waals surface area (Å²) in [6, 6.07) is 8.77. The molecular formula is C15H24N2. The highest BCUT2D eigenvalue weighted by Crippen LogP contribution is 2.33. The molecule has 0 spiro atoms. The minimum Gasteiger partial charge on any atom is -0.399 e. The average Bonchev–Trinajstić information content (AvgIpc) is 2.28. The molecule has 2 nitrogen and oxygen atoms in total. The number of piperidine rings is 1. The fraction of sp³-hybridized carbons (Fsp3) is 0.600. The summed E-state index contributed by atoms with van der Waals surface area (Å²) in [5.74, 6) is 0. The molecule has 0 bridgehead atoms. The van der Waals surface area contributed by atoms with E-state index in [0.717, 1.165) is 5.69 Å². The third-order valence-corrected chi connectivity index (χ3v) is 4.09. The Morgan fingerprint density at radius 2 is 1.88 bits per heavy atom. The van der Waals surface area contributed by atoms with Crippen LogP contribution in [0.25, 0.3) is 0 Å². The van der Waals surface area contributed by atoms with Crippen molar-refractivity contribution in [1.82, 2.24) is 4.90 Å². The smallest absolute Gasteiger partial charge is 0.0320 e. The molecule has 1 aromatic carbocycles. The van der Waals surface area contributed by atoms with Crippen molar-refractivity contribution in [1.29, 1.82) is 0 Å². The van der Waals surface area contributed by atoms with Gasteiger partial charge in [-0.2, -0.15) is 0 Å². The monoisotopic (exact) mass is 232 g/mol. The van der Waals surface area contributed by atoms with Crippen molar-refractivity contribution < 1.29 is 0 Å². The molecule has 1 heterocycles. The molecule has 0 aromatic heterocycles. The van der Waals surface area contributed by atoms with E-state index in [1.807, 2.05) is 6.07 Å². The van der Waals surface area contributed by atoms with Crippen molar-refractivity contribution in [2.24, 2.45) is 5.41 Å². The van der Waals surface area contributed by atoms with Gasteiger partial charge < -0.3 is 5.73 Å². The van der Waals surface area contributed by atoms with Crippen molar-refractivity contribution in [3.63, 3.8) is 0 Å². The molecule has 1 atom stereocenters. The van der Waals surface area contributed by atoms with Crippen molar-refractivity contribution >= 4 is 5.69 Å². The Morgan fingerprint density at radius 1 is 1.24 bits per heavy atom. The molecule has 1 saturated heterocycles. The second-order valence-electron chi connectivity index (χ2n) is 6.05. The van der Waals surface area contributed by atoms with E-state index in [1.54, 1.807) is 0 Å². The van der Waals surface area contributed by atoms with E-state index >= 15 is 0 Å². The molecule has 2 rings (SSSR count). The van der Waals surface area contributed by atoms with Crippen LogP contribution >= 0.6 is 0 Å². The molecule has 1 unspecified atom stereocenters. The molecule has 0 radical (unpaired) electrons. The van der Waals surface area contributed by atoms with Gasteiger partial charge >= 0.3 is 0 Å². The second kappa shape index (κ2) is 4.69. The number of anilines is 1. The van der Waals surface area contributed by atoms with Crippen LogP contribution in [-0.4, -0.2) is 18.0 Å². The molecule has 0 aliphatic carbocycles. The third-order valence-electron chi connectivity index (χ3n) is 4.09. The van der Waals surface area contributed by atoms with Crippen molar-refractivity contribution in [2.45, 2.75) is 39.7 Å². The van der Waals surface area contributed by atoms with Crippen LogP contribution in [0.3, 0.4) is 0 Å². The van der Waals surface area contributed by atoms with Gasteiger partial charge in [-0.25, -0.2) is 0 Å². The van der Waals surface area contributed by atoms with Crippen LogP contribution < -0.4 is 5.73 Å². The number of rotatable bonds is 2. The first kappa shape index (κ1) is 12.4. The van der Waals surface area contributed by atoms with Gasteiger partial charge in [0.1, 0.15) is 0 Å². The zero-order valence-corrected chi connectivity index (χ0v) is 11.2. The summed E-state index contributed by atoms with van der Waals surface area (Å²) in [5, 5.41) is 0. The SMILES string of the molecule is CC(c1cccc(N)c1)N1CCC(C)(C)CC1. The second-order valence-corrected chi connectivity index (χ2v) is 6.05. The molecule has 17 heavy (non-hydrogen) atoms. The van der Waals surface area contributed by atoms with Crippen LogP contribution in [0.2, 0.25) is 0 Å². The van der Waals surface area contributed by atoms with Gasteiger partial charge in [0.25, 0.3) is 0 Å². The Hall–Kier alpha value is -1.02. The van der Waals surface area contributed by atoms with E-state index < -0.39 is 0 Å². The van der Waals surface area contributed by atoms with Crippen molar-refractivity contribution in [3.8, 4) is 0 Å². The number of nitrogens with two attached hydrogens (primary N) is 1. The van der Waals surface area contributed by atoms with Gasteiger partial charge in [-0.15, -0.1) is 0 Å². The van der Waals surface area contributed by atoms with Gasteiger partial charge in [0.05, 0.1) is 0 Å². The molecule has 94 valence electrons. The zero-order valence-electron chi connectivity index (χ0n) is 11.2. The normalized spacial score (nSPS) is 22.3. The summed E-state index contributed by atoms with van der Waals surface area (Å²) < 4.78 is 0. The van der Waals surface area contributed by atoms with E-state index in [1.165, 1.54) is 31.5 Å². The minimum atomic E-state index is 0.481. The van der Waals surface area contributed by atoms with Gasteiger partial charge in [0.15, 0.2) is 0 Å². The first-order valence-corrected chi connectivity index (χ1v) is 6.57. The van der Waals surface area contributed by atoms with Crippen LogP contribution in [-0.2, 0) is 0 Å². The van der Waals surface area contributed by atoms with Crippen molar-refractivity contribution in [3.05, 3.63) is 29.8 Å². The van der Waals surface area contributed by atoms with E-state index in [0.29, 0.717) is 11.5 Å². The van der Waals surface area contributed by atoms with Gasteiger partial charge in [0.2, 0.25) is 0 Å². The molecule has 1 aliphatic heterocycles. The number of nitrogen functional groups attached to an aromatic ring is 1. The minimum absolute atomic E-state index is 0.481. The number of nitrogens with zero attached hydrogens (tertiary/aromatic N) is 1. The highest BCUT2D eigenvalue weighted by Gasteiger charge is 2.28. The molecule has 1 aromatic rings. The van der Waals surface area contributed by atoms with Gasteiger partial charge in [-0.05, 0) is 56.0 Å². The molecule has 1 fully saturated rings. The maximum Gasteiger partial charge on any atom is 0.0320 e. The number of likely N-dealkylation sites (tertiary alicyclic amines) is 1. The quantitative estimate of drug-likeness (QED) is 0.791. The summed E-state index contributed by atoms with van der Waals surface area (Å²) in [4.78, 5) is 2.57. The molecule has 1 aliphatic rings. The summed E-state index contributed by atoms with van der Waals surface area (Å²) in [5.41, 5.74) is 8.58. The maximum absolute atomic E-state index is 5.85. The summed E-state index contributed by atoms with van der Waals surface area (Å²) in [7, 11) is 0. The highest BCUT2D eigenvalue weighted by atomic mass is 15.2. The standard InChI is InChI=1S/C15H24N2/c1-12(13-5-4-6-14(16)11-13)17-9-7-15(2,3)8-10-17/h4-6,11-12H,7-10,16H2,1-3H3. The topological polar surface area (TPSA) is 29.3 Å². The molecule has 2 N–H and O–H groups in total. The van der Waals surface area contributed by atoms with Crippen LogP contribution in [0.5, 0.6) is 0 Å². The Bertz CT molecular complexity index is 374. The van der Waals surface area contributed by atoms with Crippen LogP contribution in [0, 0.1) is 5.41 Å². The lowest BCUT2D eigenvalue weighted by Crippen LogP contribution is -2.38. The fourth-order valence-corrected chi connectivity index (χ4v) is 2.55. The maximum atomic E-state index is 5.85. The lowest BCUT2D eigenvalue weighted by Gasteiger charge is -2.40. The predicted molar refractivity (Wildman–Crippen MR) is 73.9 cm³/mol. The highest BCUT2D eigenvalue weighted by molar-refractivity contribution is 5.41. The fourth-order valence-electron chi connectivity index (χ4n) is 2.55. The first-order valence-electron chi connectivity index (χ1n) is 6.57. The lowest BCUT2D eigenvalue weighted by molar-refractivity contribution is 0.100. The Balaban J connectivity index is 2.04. The third kappa shape index (κ3) is 3.01. The Labute approximate surface area is 105 Å². The van der Waals surface area contributed by atoms with Crippen molar-refractivity contribution in [2.75, 3.05) is 18.8 Å². The van der Waals surface area contributed by atoms with Crippen LogP contribution in [0.15, 0.2) is 24.3 Å². The summed E-state index contributed by atoms with van der Waals surface area (Å²) >= 11 is 0. The van der Waals surface area contributed by atoms with E-state index in [2.05, 4.69) is 43.9 Å². The summed E-state index contributed by atoms with van der Waals surface area (Å²) in [6.45, 7) is 9.42. The number of benzene rings is 1. The van der Waals surface area contributed by atoms with Gasteiger partial charge in [-0.1, -0.05) is 26.0 Å². The number of hydrogen-bond acceptors (Lipinski definition) is 2. The zero-order chi connectivity index (χ0) is 12.5. The first-order chi connectivity index (χ1) is 7.98. The van der Waals surface area contributed by atoms with E-state index in [9.17, 15) is 0 Å². The summed E-state index contributed by atoms with van der Waals surface area (Å²) in [6.07, 6.45) is 2.58. The average molecular weight is 232 g/mol. The van der Waals surface area contributed by atoms with E-state index in [-0.39, 0.29) is 0 Å². The molecule has 2 heteroatoms. The Kier molecular flexibility index (Phi) is 3.43. The van der Waals surface area contributed by atoms with Gasteiger partial charge in [0, 0.05) is 11.7 Å².